The van der Waals surface area contributed by atoms with Gasteiger partial charge in [0.05, 0.1) is 5.92 Å². The van der Waals surface area contributed by atoms with Crippen LogP contribution in [0.2, 0.25) is 0 Å². The first kappa shape index (κ1) is 14.9. The summed E-state index contributed by atoms with van der Waals surface area (Å²) in [4.78, 5) is 15.6. The molecule has 0 radical (unpaired) electrons. The summed E-state index contributed by atoms with van der Waals surface area (Å²) in [5.41, 5.74) is 6.45. The quantitative estimate of drug-likeness (QED) is 0.719. The van der Waals surface area contributed by atoms with Crippen molar-refractivity contribution in [1.29, 1.82) is 0 Å². The van der Waals surface area contributed by atoms with E-state index in [9.17, 15) is 9.90 Å². The predicted octanol–water partition coefficient (Wildman–Crippen LogP) is 0.860. The molecule has 2 atom stereocenters. The fourth-order valence-corrected chi connectivity index (χ4v) is 2.45. The van der Waals surface area contributed by atoms with Crippen molar-refractivity contribution in [2.24, 2.45) is 11.8 Å². The highest BCUT2D eigenvalue weighted by Crippen LogP contribution is 2.31. The first-order valence-corrected chi connectivity index (χ1v) is 6.66. The number of aliphatic carboxylic acids is 1. The van der Waals surface area contributed by atoms with Crippen molar-refractivity contribution in [2.75, 3.05) is 5.73 Å². The van der Waals surface area contributed by atoms with Crippen molar-refractivity contribution in [3.8, 4) is 0 Å². The molecule has 0 aliphatic heterocycles. The van der Waals surface area contributed by atoms with Crippen LogP contribution in [0.3, 0.4) is 0 Å². The summed E-state index contributed by atoms with van der Waals surface area (Å²) in [6, 6.07) is 3.52. The summed E-state index contributed by atoms with van der Waals surface area (Å²) in [5.74, 6) is -0.988. The third kappa shape index (κ3) is 3.53. The number of H-pyrrole nitrogens is 1. The lowest BCUT2D eigenvalue weighted by atomic mass is 9.79. The summed E-state index contributed by atoms with van der Waals surface area (Å²) >= 11 is 0. The molecule has 112 valence electrons. The normalized spacial score (nSPS) is 14.0. The van der Waals surface area contributed by atoms with E-state index in [4.69, 9.17) is 5.73 Å². The van der Waals surface area contributed by atoms with Gasteiger partial charge in [-0.3, -0.25) is 4.79 Å². The van der Waals surface area contributed by atoms with Crippen LogP contribution in [0.5, 0.6) is 0 Å². The summed E-state index contributed by atoms with van der Waals surface area (Å²) in [7, 11) is 0. The van der Waals surface area contributed by atoms with E-state index in [1.54, 1.807) is 12.3 Å². The molecule has 8 heteroatoms. The highest BCUT2D eigenvalue weighted by molar-refractivity contribution is 5.71. The average molecular weight is 290 g/mol. The number of carbonyl (C=O) groups is 1. The Morgan fingerprint density at radius 2 is 2.19 bits per heavy atom. The standard InChI is InChI=1S/C13H18N6O2/c1-7(2)11(13(20)21)9(12-16-18-19-17-12)5-8-3-4-10(14)15-6-8/h3-4,6-7,9,11H,5H2,1-2H3,(H2,14,15)(H,20,21)(H,16,17,18,19)/t9-,11-/m0/s1. The molecule has 2 aromatic rings. The third-order valence-corrected chi connectivity index (χ3v) is 3.45. The number of nitrogens with zero attached hydrogens (tertiary/aromatic N) is 4. The SMILES string of the molecule is CC(C)[C@H](C(=O)O)[C@H](Cc1ccc(N)nc1)c1nnn[nH]1. The van der Waals surface area contributed by atoms with E-state index >= 15 is 0 Å². The zero-order valence-corrected chi connectivity index (χ0v) is 11.9. The third-order valence-electron chi connectivity index (χ3n) is 3.45. The molecule has 0 fully saturated rings. The van der Waals surface area contributed by atoms with Gasteiger partial charge in [0.2, 0.25) is 0 Å². The zero-order chi connectivity index (χ0) is 15.4. The number of carboxylic acid groups (broad SMARTS) is 1. The van der Waals surface area contributed by atoms with E-state index in [-0.39, 0.29) is 11.8 Å². The maximum Gasteiger partial charge on any atom is 0.307 e. The van der Waals surface area contributed by atoms with Crippen molar-refractivity contribution in [3.05, 3.63) is 29.7 Å². The first-order valence-electron chi connectivity index (χ1n) is 6.66. The Labute approximate surface area is 121 Å². The molecule has 0 unspecified atom stereocenters. The first-order chi connectivity index (χ1) is 9.99. The second-order valence-corrected chi connectivity index (χ2v) is 5.30. The highest BCUT2D eigenvalue weighted by atomic mass is 16.4. The maximum atomic E-state index is 11.6. The fraction of sp³-hybridized carbons (Fsp3) is 0.462. The lowest BCUT2D eigenvalue weighted by Gasteiger charge is -2.24. The van der Waals surface area contributed by atoms with Gasteiger partial charge in [-0.05, 0) is 34.4 Å². The lowest BCUT2D eigenvalue weighted by Crippen LogP contribution is -2.29. The minimum atomic E-state index is -0.866. The van der Waals surface area contributed by atoms with Crippen LogP contribution in [-0.2, 0) is 11.2 Å². The maximum absolute atomic E-state index is 11.6. The summed E-state index contributed by atoms with van der Waals surface area (Å²) in [6.45, 7) is 3.74. The van der Waals surface area contributed by atoms with Gasteiger partial charge < -0.3 is 10.8 Å². The second-order valence-electron chi connectivity index (χ2n) is 5.30. The summed E-state index contributed by atoms with van der Waals surface area (Å²) in [6.07, 6.45) is 2.12. The summed E-state index contributed by atoms with van der Waals surface area (Å²) < 4.78 is 0. The monoisotopic (exact) mass is 290 g/mol. The Morgan fingerprint density at radius 1 is 1.43 bits per heavy atom. The van der Waals surface area contributed by atoms with Gasteiger partial charge in [0, 0.05) is 12.1 Å². The number of nitrogens with two attached hydrogens (primary N) is 1. The molecule has 0 aliphatic carbocycles. The number of carboxylic acids is 1. The van der Waals surface area contributed by atoms with Crippen LogP contribution in [0.4, 0.5) is 5.82 Å². The molecule has 8 nitrogen and oxygen atoms in total. The van der Waals surface area contributed by atoms with Crippen LogP contribution in [0, 0.1) is 11.8 Å². The number of aromatic nitrogens is 5. The molecular weight excluding hydrogens is 272 g/mol. The number of rotatable bonds is 6. The average Bonchev–Trinajstić information content (AvgIpc) is 2.93. The molecule has 4 N–H and O–H groups in total. The van der Waals surface area contributed by atoms with Crippen LogP contribution >= 0.6 is 0 Å². The minimum Gasteiger partial charge on any atom is -0.481 e. The topological polar surface area (TPSA) is 131 Å². The van der Waals surface area contributed by atoms with Crippen molar-refractivity contribution in [3.63, 3.8) is 0 Å². The lowest BCUT2D eigenvalue weighted by molar-refractivity contribution is -0.144. The number of anilines is 1. The zero-order valence-electron chi connectivity index (χ0n) is 11.9. The van der Waals surface area contributed by atoms with Gasteiger partial charge in [0.15, 0.2) is 5.82 Å². The molecule has 2 rings (SSSR count). The van der Waals surface area contributed by atoms with E-state index in [0.717, 1.165) is 5.56 Å². The highest BCUT2D eigenvalue weighted by Gasteiger charge is 2.34. The number of hydrogen-bond donors (Lipinski definition) is 3. The van der Waals surface area contributed by atoms with Crippen LogP contribution in [0.25, 0.3) is 0 Å². The van der Waals surface area contributed by atoms with E-state index in [1.165, 1.54) is 0 Å². The van der Waals surface area contributed by atoms with Gasteiger partial charge in [-0.25, -0.2) is 10.1 Å². The fourth-order valence-electron chi connectivity index (χ4n) is 2.45. The van der Waals surface area contributed by atoms with E-state index in [2.05, 4.69) is 25.6 Å². The molecule has 0 amide bonds. The number of hydrogen-bond acceptors (Lipinski definition) is 6. The molecule has 2 heterocycles. The smallest absolute Gasteiger partial charge is 0.307 e. The Hall–Kier alpha value is -2.51. The number of nitrogens with one attached hydrogen (secondary N) is 1. The molecule has 0 bridgehead atoms. The molecule has 0 aromatic carbocycles. The van der Waals surface area contributed by atoms with E-state index in [0.29, 0.717) is 18.1 Å². The van der Waals surface area contributed by atoms with Crippen molar-refractivity contribution < 1.29 is 9.90 Å². The molecular formula is C13H18N6O2. The number of pyridine rings is 1. The number of tetrazole rings is 1. The Bertz CT molecular complexity index is 581. The van der Waals surface area contributed by atoms with E-state index in [1.807, 2.05) is 19.9 Å². The Morgan fingerprint density at radius 3 is 2.67 bits per heavy atom. The van der Waals surface area contributed by atoms with E-state index < -0.39 is 11.9 Å². The van der Waals surface area contributed by atoms with Gasteiger partial charge >= 0.3 is 5.97 Å². The van der Waals surface area contributed by atoms with Gasteiger partial charge in [0.25, 0.3) is 0 Å². The molecule has 0 saturated heterocycles. The Balaban J connectivity index is 2.32. The number of aromatic amines is 1. The van der Waals surface area contributed by atoms with Gasteiger partial charge in [-0.1, -0.05) is 19.9 Å². The van der Waals surface area contributed by atoms with Gasteiger partial charge in [-0.15, -0.1) is 5.10 Å². The van der Waals surface area contributed by atoms with Crippen LogP contribution in [0.15, 0.2) is 18.3 Å². The van der Waals surface area contributed by atoms with Crippen LogP contribution in [-0.4, -0.2) is 36.7 Å². The molecule has 0 saturated carbocycles. The number of nitrogen functional groups attached to an aromatic ring is 1. The molecule has 21 heavy (non-hydrogen) atoms. The predicted molar refractivity (Wildman–Crippen MR) is 75.2 cm³/mol. The summed E-state index contributed by atoms with van der Waals surface area (Å²) in [5, 5.41) is 23.2. The Kier molecular flexibility index (Phi) is 4.46. The second kappa shape index (κ2) is 6.29. The van der Waals surface area contributed by atoms with Crippen molar-refractivity contribution in [2.45, 2.75) is 26.2 Å². The molecule has 2 aromatic heterocycles. The minimum absolute atomic E-state index is 0.0562. The van der Waals surface area contributed by atoms with Crippen LogP contribution in [0.1, 0.15) is 31.2 Å². The largest absolute Gasteiger partial charge is 0.481 e. The molecule has 0 aliphatic rings. The van der Waals surface area contributed by atoms with Gasteiger partial charge in [0.1, 0.15) is 5.82 Å². The van der Waals surface area contributed by atoms with Crippen molar-refractivity contribution in [1.82, 2.24) is 25.6 Å². The van der Waals surface area contributed by atoms with Gasteiger partial charge in [-0.2, -0.15) is 0 Å². The molecule has 0 spiro atoms. The van der Waals surface area contributed by atoms with Crippen LogP contribution < -0.4 is 5.73 Å². The van der Waals surface area contributed by atoms with Crippen molar-refractivity contribution >= 4 is 11.8 Å².